The van der Waals surface area contributed by atoms with Crippen LogP contribution in [-0.4, -0.2) is 45.3 Å². The minimum atomic E-state index is -0.998. The molecule has 1 N–H and O–H groups in total. The molecule has 0 saturated carbocycles. The number of thioether (sulfide) groups is 1. The van der Waals surface area contributed by atoms with Crippen molar-refractivity contribution in [3.63, 3.8) is 0 Å². The van der Waals surface area contributed by atoms with E-state index < -0.39 is 12.3 Å². The predicted octanol–water partition coefficient (Wildman–Crippen LogP) is 4.11. The van der Waals surface area contributed by atoms with E-state index in [-0.39, 0.29) is 11.4 Å². The molecule has 0 fully saturated rings. The Labute approximate surface area is 165 Å². The van der Waals surface area contributed by atoms with Gasteiger partial charge in [-0.3, -0.25) is 0 Å². The van der Waals surface area contributed by atoms with E-state index in [4.69, 9.17) is 0 Å². The number of nitrogens with zero attached hydrogens (tertiary/aromatic N) is 4. The highest BCUT2D eigenvalue weighted by Crippen LogP contribution is 2.32. The molecule has 1 aliphatic rings. The lowest BCUT2D eigenvalue weighted by Crippen LogP contribution is -2.27. The van der Waals surface area contributed by atoms with Gasteiger partial charge in [0.15, 0.2) is 0 Å². The molecule has 2 aromatic carbocycles. The number of benzene rings is 2. The first kappa shape index (κ1) is 18.2. The van der Waals surface area contributed by atoms with Gasteiger partial charge in [-0.25, -0.2) is 18.9 Å². The van der Waals surface area contributed by atoms with Gasteiger partial charge in [0.2, 0.25) is 6.29 Å². The molecule has 0 amide bonds. The maximum Gasteiger partial charge on any atom is 0.335 e. The minimum absolute atomic E-state index is 0.186. The van der Waals surface area contributed by atoms with E-state index in [9.17, 15) is 14.3 Å². The van der Waals surface area contributed by atoms with Crippen LogP contribution in [0.5, 0.6) is 0 Å². The molecule has 0 bridgehead atoms. The number of carboxylic acid groups (broad SMARTS) is 1. The molecule has 3 aromatic rings. The van der Waals surface area contributed by atoms with Crippen molar-refractivity contribution in [3.05, 3.63) is 65.6 Å². The quantitative estimate of drug-likeness (QED) is 0.672. The minimum Gasteiger partial charge on any atom is -0.478 e. The summed E-state index contributed by atoms with van der Waals surface area (Å²) in [6.45, 7) is 0. The third-order valence-corrected chi connectivity index (χ3v) is 5.26. The number of aromatic carboxylic acids is 1. The van der Waals surface area contributed by atoms with Crippen molar-refractivity contribution in [1.29, 1.82) is 0 Å². The first-order valence-electron chi connectivity index (χ1n) is 8.51. The summed E-state index contributed by atoms with van der Waals surface area (Å²) in [5, 5.41) is 15.6. The van der Waals surface area contributed by atoms with Gasteiger partial charge in [0.25, 0.3) is 0 Å². The van der Waals surface area contributed by atoms with E-state index in [1.807, 2.05) is 24.4 Å². The van der Waals surface area contributed by atoms with Gasteiger partial charge in [-0.15, -0.1) is 11.8 Å². The molecule has 0 radical (unpaired) electrons. The molecule has 6 nitrogen and oxygen atoms in total. The van der Waals surface area contributed by atoms with Crippen LogP contribution in [0.1, 0.15) is 22.2 Å². The SMILES string of the molecule is CSc1nn(C2N=CC(c3ccccc3F)=CN2C)c2cc(C(=O)O)ccc12. The normalized spacial score (nSPS) is 16.5. The third-order valence-electron chi connectivity index (χ3n) is 4.57. The van der Waals surface area contributed by atoms with Crippen LogP contribution < -0.4 is 0 Å². The van der Waals surface area contributed by atoms with E-state index in [1.54, 1.807) is 47.3 Å². The van der Waals surface area contributed by atoms with Crippen LogP contribution in [0, 0.1) is 5.82 Å². The Hall–Kier alpha value is -3.13. The molecule has 8 heteroatoms. The highest BCUT2D eigenvalue weighted by molar-refractivity contribution is 7.98. The highest BCUT2D eigenvalue weighted by Gasteiger charge is 2.23. The van der Waals surface area contributed by atoms with E-state index in [0.717, 1.165) is 10.4 Å². The van der Waals surface area contributed by atoms with Gasteiger partial charge in [0.05, 0.1) is 11.1 Å². The second-order valence-electron chi connectivity index (χ2n) is 6.35. The second-order valence-corrected chi connectivity index (χ2v) is 7.14. The van der Waals surface area contributed by atoms with Crippen molar-refractivity contribution in [2.24, 2.45) is 4.99 Å². The number of allylic oxidation sites excluding steroid dienone is 1. The van der Waals surface area contributed by atoms with E-state index >= 15 is 0 Å². The summed E-state index contributed by atoms with van der Waals surface area (Å²) in [7, 11) is 1.83. The number of aromatic nitrogens is 2. The lowest BCUT2D eigenvalue weighted by atomic mass is 10.1. The summed E-state index contributed by atoms with van der Waals surface area (Å²) in [5.41, 5.74) is 2.00. The van der Waals surface area contributed by atoms with Gasteiger partial charge in [-0.1, -0.05) is 18.2 Å². The fourth-order valence-corrected chi connectivity index (χ4v) is 3.77. The van der Waals surface area contributed by atoms with Gasteiger partial charge in [0, 0.05) is 36.0 Å². The Morgan fingerprint density at radius 3 is 2.71 bits per heavy atom. The van der Waals surface area contributed by atoms with Gasteiger partial charge in [-0.05, 0) is 30.5 Å². The van der Waals surface area contributed by atoms with Gasteiger partial charge in [0.1, 0.15) is 10.8 Å². The van der Waals surface area contributed by atoms with Crippen molar-refractivity contribution in [2.45, 2.75) is 11.3 Å². The van der Waals surface area contributed by atoms with Crippen molar-refractivity contribution in [1.82, 2.24) is 14.7 Å². The summed E-state index contributed by atoms with van der Waals surface area (Å²) in [6.07, 6.45) is 4.85. The Morgan fingerprint density at radius 2 is 2.04 bits per heavy atom. The Bertz CT molecular complexity index is 1140. The monoisotopic (exact) mass is 396 g/mol. The van der Waals surface area contributed by atoms with Crippen molar-refractivity contribution in [2.75, 3.05) is 13.3 Å². The molecule has 2 heterocycles. The first-order valence-corrected chi connectivity index (χ1v) is 9.73. The topological polar surface area (TPSA) is 70.7 Å². The Kier molecular flexibility index (Phi) is 4.64. The van der Waals surface area contributed by atoms with Crippen molar-refractivity contribution < 1.29 is 14.3 Å². The lowest BCUT2D eigenvalue weighted by Gasteiger charge is -2.28. The predicted molar refractivity (Wildman–Crippen MR) is 108 cm³/mol. The first-order chi connectivity index (χ1) is 13.5. The average molecular weight is 396 g/mol. The number of fused-ring (bicyclic) bond motifs is 1. The number of rotatable bonds is 4. The van der Waals surface area contributed by atoms with Gasteiger partial charge >= 0.3 is 5.97 Å². The smallest absolute Gasteiger partial charge is 0.335 e. The Balaban J connectivity index is 1.77. The van der Waals surface area contributed by atoms with Crippen LogP contribution in [0.2, 0.25) is 0 Å². The lowest BCUT2D eigenvalue weighted by molar-refractivity contribution is 0.0697. The molecular formula is C20H17FN4O2S. The number of carboxylic acids is 1. The fourth-order valence-electron chi connectivity index (χ4n) is 3.21. The zero-order valence-corrected chi connectivity index (χ0v) is 16.0. The van der Waals surface area contributed by atoms with Gasteiger partial charge < -0.3 is 10.0 Å². The Morgan fingerprint density at radius 1 is 1.25 bits per heavy atom. The van der Waals surface area contributed by atoms with Crippen LogP contribution >= 0.6 is 11.8 Å². The van der Waals surface area contributed by atoms with Crippen LogP contribution in [-0.2, 0) is 0 Å². The summed E-state index contributed by atoms with van der Waals surface area (Å²) < 4.78 is 15.8. The summed E-state index contributed by atoms with van der Waals surface area (Å²) in [4.78, 5) is 17.8. The molecule has 142 valence electrons. The number of aliphatic imine (C=N–C) groups is 1. The van der Waals surface area contributed by atoms with Crippen LogP contribution in [0.15, 0.2) is 58.7 Å². The number of carbonyl (C=O) groups is 1. The van der Waals surface area contributed by atoms with Gasteiger partial charge in [-0.2, -0.15) is 5.10 Å². The molecule has 1 aliphatic heterocycles. The largest absolute Gasteiger partial charge is 0.478 e. The summed E-state index contributed by atoms with van der Waals surface area (Å²) in [6, 6.07) is 11.5. The van der Waals surface area contributed by atoms with E-state index in [2.05, 4.69) is 10.1 Å². The number of hydrogen-bond donors (Lipinski definition) is 1. The molecule has 4 rings (SSSR count). The molecule has 0 aliphatic carbocycles. The maximum absolute atomic E-state index is 14.1. The highest BCUT2D eigenvalue weighted by atomic mass is 32.2. The van der Waals surface area contributed by atoms with Crippen LogP contribution in [0.25, 0.3) is 16.5 Å². The third kappa shape index (κ3) is 3.05. The molecule has 28 heavy (non-hydrogen) atoms. The number of halogens is 1. The molecule has 0 spiro atoms. The zero-order chi connectivity index (χ0) is 19.8. The summed E-state index contributed by atoms with van der Waals surface area (Å²) in [5.74, 6) is -1.31. The van der Waals surface area contributed by atoms with Crippen molar-refractivity contribution >= 4 is 40.4 Å². The molecule has 1 aromatic heterocycles. The fraction of sp³-hybridized carbons (Fsp3) is 0.150. The van der Waals surface area contributed by atoms with Crippen LogP contribution in [0.4, 0.5) is 4.39 Å². The standard InChI is InChI=1S/C20H17FN4O2S/c1-24-11-13(14-5-3-4-6-16(14)21)10-22-20(24)25-17-9-12(19(26)27)7-8-15(17)18(23-25)28-2/h3-11,20H,1-2H3,(H,26,27). The zero-order valence-electron chi connectivity index (χ0n) is 15.2. The molecular weight excluding hydrogens is 379 g/mol. The van der Waals surface area contributed by atoms with Crippen LogP contribution in [0.3, 0.4) is 0 Å². The molecule has 1 atom stereocenters. The average Bonchev–Trinajstić information content (AvgIpc) is 3.06. The van der Waals surface area contributed by atoms with E-state index in [1.165, 1.54) is 17.8 Å². The molecule has 1 unspecified atom stereocenters. The second kappa shape index (κ2) is 7.12. The van der Waals surface area contributed by atoms with Crippen molar-refractivity contribution in [3.8, 4) is 0 Å². The maximum atomic E-state index is 14.1. The van der Waals surface area contributed by atoms with E-state index in [0.29, 0.717) is 16.7 Å². The molecule has 0 saturated heterocycles. The number of hydrogen-bond acceptors (Lipinski definition) is 5. The summed E-state index contributed by atoms with van der Waals surface area (Å²) >= 11 is 1.48.